The number of aliphatic hydroxyl groups excluding tert-OH is 1. The SMILES string of the molecule is COC(=O)CSc1ccccc1C(C)O. The maximum Gasteiger partial charge on any atom is 0.315 e. The molecule has 0 spiro atoms. The fourth-order valence-corrected chi connectivity index (χ4v) is 2.12. The molecule has 1 atom stereocenters. The number of rotatable bonds is 4. The van der Waals surface area contributed by atoms with Gasteiger partial charge in [0.1, 0.15) is 0 Å². The van der Waals surface area contributed by atoms with Crippen molar-refractivity contribution in [2.24, 2.45) is 0 Å². The van der Waals surface area contributed by atoms with Crippen molar-refractivity contribution in [1.29, 1.82) is 0 Å². The third-order valence-electron chi connectivity index (χ3n) is 1.94. The van der Waals surface area contributed by atoms with Crippen LogP contribution in [-0.2, 0) is 9.53 Å². The number of methoxy groups -OCH3 is 1. The standard InChI is InChI=1S/C11H14O3S/c1-8(12)9-5-3-4-6-10(9)15-7-11(13)14-2/h3-6,8,12H,7H2,1-2H3. The average molecular weight is 226 g/mol. The van der Waals surface area contributed by atoms with E-state index in [0.717, 1.165) is 10.5 Å². The summed E-state index contributed by atoms with van der Waals surface area (Å²) < 4.78 is 4.55. The topological polar surface area (TPSA) is 46.5 Å². The van der Waals surface area contributed by atoms with Crippen molar-refractivity contribution < 1.29 is 14.6 Å². The Hall–Kier alpha value is -1.00. The maximum absolute atomic E-state index is 11.0. The number of carbonyl (C=O) groups is 1. The van der Waals surface area contributed by atoms with Crippen LogP contribution in [-0.4, -0.2) is 23.9 Å². The lowest BCUT2D eigenvalue weighted by Crippen LogP contribution is -2.04. The third-order valence-corrected chi connectivity index (χ3v) is 3.01. The summed E-state index contributed by atoms with van der Waals surface area (Å²) >= 11 is 1.37. The zero-order chi connectivity index (χ0) is 11.3. The van der Waals surface area contributed by atoms with E-state index in [2.05, 4.69) is 4.74 Å². The highest BCUT2D eigenvalue weighted by Gasteiger charge is 2.09. The van der Waals surface area contributed by atoms with Crippen LogP contribution in [0.3, 0.4) is 0 Å². The first-order valence-corrected chi connectivity index (χ1v) is 5.60. The fourth-order valence-electron chi connectivity index (χ4n) is 1.15. The second kappa shape index (κ2) is 5.78. The minimum absolute atomic E-state index is 0.264. The van der Waals surface area contributed by atoms with Crippen molar-refractivity contribution >= 4 is 17.7 Å². The van der Waals surface area contributed by atoms with Gasteiger partial charge in [-0.15, -0.1) is 11.8 Å². The molecule has 1 aromatic carbocycles. The molecule has 0 saturated heterocycles. The number of thioether (sulfide) groups is 1. The molecule has 0 aliphatic carbocycles. The van der Waals surface area contributed by atoms with E-state index in [1.165, 1.54) is 18.9 Å². The first kappa shape index (κ1) is 12.1. The molecule has 4 heteroatoms. The van der Waals surface area contributed by atoms with Gasteiger partial charge in [0.05, 0.1) is 19.0 Å². The van der Waals surface area contributed by atoms with E-state index in [0.29, 0.717) is 0 Å². The van der Waals surface area contributed by atoms with Gasteiger partial charge in [0.2, 0.25) is 0 Å². The van der Waals surface area contributed by atoms with Gasteiger partial charge in [0.25, 0.3) is 0 Å². The van der Waals surface area contributed by atoms with Crippen LogP contribution in [0.15, 0.2) is 29.2 Å². The van der Waals surface area contributed by atoms with Crippen molar-refractivity contribution in [3.05, 3.63) is 29.8 Å². The van der Waals surface area contributed by atoms with Gasteiger partial charge < -0.3 is 9.84 Å². The van der Waals surface area contributed by atoms with Crippen LogP contribution < -0.4 is 0 Å². The molecule has 0 heterocycles. The Morgan fingerprint density at radius 3 is 2.80 bits per heavy atom. The quantitative estimate of drug-likeness (QED) is 0.630. The summed E-state index contributed by atoms with van der Waals surface area (Å²) in [5, 5.41) is 9.50. The number of benzene rings is 1. The highest BCUT2D eigenvalue weighted by atomic mass is 32.2. The van der Waals surface area contributed by atoms with Gasteiger partial charge in [0.15, 0.2) is 0 Å². The van der Waals surface area contributed by atoms with Gasteiger partial charge >= 0.3 is 5.97 Å². The van der Waals surface area contributed by atoms with Gasteiger partial charge in [-0.1, -0.05) is 18.2 Å². The molecule has 0 fully saturated rings. The lowest BCUT2D eigenvalue weighted by atomic mass is 10.1. The predicted octanol–water partition coefficient (Wildman–Crippen LogP) is 2.01. The summed E-state index contributed by atoms with van der Waals surface area (Å²) in [5.74, 6) is 0.000598. The predicted molar refractivity (Wildman–Crippen MR) is 59.8 cm³/mol. The van der Waals surface area contributed by atoms with Crippen LogP contribution in [0.5, 0.6) is 0 Å². The molecule has 1 aromatic rings. The summed E-state index contributed by atoms with van der Waals surface area (Å²) in [6.07, 6.45) is -0.522. The summed E-state index contributed by atoms with van der Waals surface area (Å²) in [4.78, 5) is 11.9. The lowest BCUT2D eigenvalue weighted by Gasteiger charge is -2.10. The molecule has 0 saturated carbocycles. The number of hydrogen-bond acceptors (Lipinski definition) is 4. The average Bonchev–Trinajstić information content (AvgIpc) is 2.26. The molecule has 82 valence electrons. The zero-order valence-corrected chi connectivity index (χ0v) is 9.58. The van der Waals surface area contributed by atoms with Crippen molar-refractivity contribution in [3.63, 3.8) is 0 Å². The van der Waals surface area contributed by atoms with Crippen LogP contribution in [0.4, 0.5) is 0 Å². The Morgan fingerprint density at radius 2 is 2.20 bits per heavy atom. The number of carbonyl (C=O) groups excluding carboxylic acids is 1. The highest BCUT2D eigenvalue weighted by Crippen LogP contribution is 2.27. The largest absolute Gasteiger partial charge is 0.468 e. The van der Waals surface area contributed by atoms with E-state index in [9.17, 15) is 9.90 Å². The van der Waals surface area contributed by atoms with Crippen molar-refractivity contribution in [3.8, 4) is 0 Å². The molecular weight excluding hydrogens is 212 g/mol. The van der Waals surface area contributed by atoms with E-state index in [-0.39, 0.29) is 11.7 Å². The molecular formula is C11H14O3S. The Bertz CT molecular complexity index is 336. The summed E-state index contributed by atoms with van der Waals surface area (Å²) in [6, 6.07) is 7.48. The van der Waals surface area contributed by atoms with E-state index in [1.807, 2.05) is 24.3 Å². The van der Waals surface area contributed by atoms with E-state index >= 15 is 0 Å². The Kier molecular flexibility index (Phi) is 4.65. The molecule has 15 heavy (non-hydrogen) atoms. The molecule has 0 radical (unpaired) electrons. The first-order valence-electron chi connectivity index (χ1n) is 4.61. The molecule has 0 bridgehead atoms. The van der Waals surface area contributed by atoms with Crippen molar-refractivity contribution in [2.45, 2.75) is 17.9 Å². The number of aliphatic hydroxyl groups is 1. The van der Waals surface area contributed by atoms with Crippen LogP contribution in [0.2, 0.25) is 0 Å². The monoisotopic (exact) mass is 226 g/mol. The molecule has 0 aliphatic heterocycles. The molecule has 3 nitrogen and oxygen atoms in total. The van der Waals surface area contributed by atoms with Crippen molar-refractivity contribution in [2.75, 3.05) is 12.9 Å². The number of hydrogen-bond donors (Lipinski definition) is 1. The zero-order valence-electron chi connectivity index (χ0n) is 8.77. The van der Waals surface area contributed by atoms with Gasteiger partial charge in [0, 0.05) is 4.90 Å². The lowest BCUT2D eigenvalue weighted by molar-refractivity contribution is -0.137. The fraction of sp³-hybridized carbons (Fsp3) is 0.364. The smallest absolute Gasteiger partial charge is 0.315 e. The Balaban J connectivity index is 2.71. The third kappa shape index (κ3) is 3.57. The van der Waals surface area contributed by atoms with E-state index in [1.54, 1.807) is 6.92 Å². The van der Waals surface area contributed by atoms with Crippen LogP contribution in [0, 0.1) is 0 Å². The Labute approximate surface area is 93.4 Å². The van der Waals surface area contributed by atoms with Crippen LogP contribution in [0.1, 0.15) is 18.6 Å². The molecule has 0 aromatic heterocycles. The summed E-state index contributed by atoms with van der Waals surface area (Å²) in [6.45, 7) is 1.71. The summed E-state index contributed by atoms with van der Waals surface area (Å²) in [5.41, 5.74) is 0.839. The number of esters is 1. The molecule has 1 rings (SSSR count). The van der Waals surface area contributed by atoms with Crippen LogP contribution >= 0.6 is 11.8 Å². The van der Waals surface area contributed by atoms with Gasteiger partial charge in [-0.25, -0.2) is 0 Å². The van der Waals surface area contributed by atoms with E-state index < -0.39 is 6.10 Å². The van der Waals surface area contributed by atoms with E-state index in [4.69, 9.17) is 0 Å². The van der Waals surface area contributed by atoms with Crippen molar-refractivity contribution in [1.82, 2.24) is 0 Å². The normalized spacial score (nSPS) is 12.2. The summed E-state index contributed by atoms with van der Waals surface area (Å²) in [7, 11) is 1.36. The maximum atomic E-state index is 11.0. The minimum Gasteiger partial charge on any atom is -0.468 e. The Morgan fingerprint density at radius 1 is 1.53 bits per heavy atom. The second-order valence-electron chi connectivity index (χ2n) is 3.08. The van der Waals surface area contributed by atoms with Gasteiger partial charge in [-0.05, 0) is 18.6 Å². The molecule has 0 amide bonds. The molecule has 1 N–H and O–H groups in total. The van der Waals surface area contributed by atoms with Gasteiger partial charge in [-0.2, -0.15) is 0 Å². The van der Waals surface area contributed by atoms with Gasteiger partial charge in [-0.3, -0.25) is 4.79 Å². The molecule has 0 aliphatic rings. The second-order valence-corrected chi connectivity index (χ2v) is 4.10. The first-order chi connectivity index (χ1) is 7.15. The minimum atomic E-state index is -0.522. The molecule has 1 unspecified atom stereocenters. The highest BCUT2D eigenvalue weighted by molar-refractivity contribution is 8.00. The number of ether oxygens (including phenoxy) is 1. The van der Waals surface area contributed by atoms with Crippen LogP contribution in [0.25, 0.3) is 0 Å².